The zero-order valence-corrected chi connectivity index (χ0v) is 27.9. The first-order valence-electron chi connectivity index (χ1n) is 15.5. The van der Waals surface area contributed by atoms with E-state index in [0.717, 1.165) is 44.4 Å². The fourth-order valence-electron chi connectivity index (χ4n) is 5.99. The number of aliphatic imine (C=N–C) groups is 1. The van der Waals surface area contributed by atoms with Crippen LogP contribution in [0.1, 0.15) is 82.0 Å². The minimum absolute atomic E-state index is 0.00347. The first kappa shape index (κ1) is 32.7. The number of hydrogen-bond donors (Lipinski definition) is 2. The van der Waals surface area contributed by atoms with Crippen LogP contribution >= 0.6 is 0 Å². The molecule has 1 aliphatic carbocycles. The molecular formula is C32H41N5O6S2. The maximum atomic E-state index is 13.7. The number of benzene rings is 2. The van der Waals surface area contributed by atoms with E-state index in [9.17, 15) is 21.6 Å². The minimum Gasteiger partial charge on any atom is -0.337 e. The molecule has 1 aromatic heterocycles. The van der Waals surface area contributed by atoms with Crippen molar-refractivity contribution in [2.24, 2.45) is 4.99 Å². The maximum Gasteiger partial charge on any atom is 0.264 e. The molecule has 3 aromatic rings. The molecule has 1 aliphatic heterocycles. The molecule has 0 bridgehead atoms. The van der Waals surface area contributed by atoms with Gasteiger partial charge in [-0.25, -0.2) is 21.6 Å². The highest BCUT2D eigenvalue weighted by Gasteiger charge is 2.49. The Labute approximate surface area is 265 Å². The van der Waals surface area contributed by atoms with Crippen molar-refractivity contribution < 1.29 is 26.2 Å². The van der Waals surface area contributed by atoms with Crippen molar-refractivity contribution >= 4 is 43.4 Å². The second-order valence-electron chi connectivity index (χ2n) is 11.9. The molecule has 1 fully saturated rings. The van der Waals surface area contributed by atoms with E-state index >= 15 is 0 Å². The summed E-state index contributed by atoms with van der Waals surface area (Å²) in [6.45, 7) is 7.52. The summed E-state index contributed by atoms with van der Waals surface area (Å²) >= 11 is 0. The third kappa shape index (κ3) is 6.79. The van der Waals surface area contributed by atoms with Gasteiger partial charge < -0.3 is 4.52 Å². The van der Waals surface area contributed by atoms with Crippen LogP contribution in [0.3, 0.4) is 0 Å². The van der Waals surface area contributed by atoms with Crippen LogP contribution in [0.4, 0.5) is 11.6 Å². The van der Waals surface area contributed by atoms with Crippen molar-refractivity contribution in [3.05, 3.63) is 59.3 Å². The Hall–Kier alpha value is -3.71. The number of hydrogen-bond acceptors (Lipinski definition) is 8. The summed E-state index contributed by atoms with van der Waals surface area (Å²) in [6.07, 6.45) is 6.39. The van der Waals surface area contributed by atoms with E-state index in [-0.39, 0.29) is 34.7 Å². The summed E-state index contributed by atoms with van der Waals surface area (Å²) in [5, 5.41) is 3.83. The van der Waals surface area contributed by atoms with Crippen LogP contribution in [0.25, 0.3) is 11.1 Å². The summed E-state index contributed by atoms with van der Waals surface area (Å²) in [7, 11) is -7.92. The maximum absolute atomic E-state index is 13.7. The topological polar surface area (TPSA) is 151 Å². The number of nitrogens with zero attached hydrogens (tertiary/aromatic N) is 3. The highest BCUT2D eigenvalue weighted by Crippen LogP contribution is 2.41. The molecule has 1 saturated carbocycles. The predicted octanol–water partition coefficient (Wildman–Crippen LogP) is 6.15. The van der Waals surface area contributed by atoms with E-state index in [0.29, 0.717) is 40.8 Å². The molecule has 11 nitrogen and oxygen atoms in total. The molecule has 0 saturated heterocycles. The van der Waals surface area contributed by atoms with Gasteiger partial charge in [-0.2, -0.15) is 0 Å². The number of sulfonamides is 2. The van der Waals surface area contributed by atoms with Gasteiger partial charge in [-0.3, -0.25) is 19.4 Å². The lowest BCUT2D eigenvalue weighted by molar-refractivity contribution is -0.131. The Morgan fingerprint density at radius 2 is 1.69 bits per heavy atom. The molecule has 2 aromatic carbocycles. The van der Waals surface area contributed by atoms with Gasteiger partial charge in [-0.05, 0) is 57.2 Å². The number of carbonyl (C=O) groups is 1. The quantitative estimate of drug-likeness (QED) is 0.224. The highest BCUT2D eigenvalue weighted by atomic mass is 32.2. The number of carbonyl (C=O) groups excluding carboxylic acids is 1. The van der Waals surface area contributed by atoms with Crippen LogP contribution in [0, 0.1) is 13.8 Å². The summed E-state index contributed by atoms with van der Waals surface area (Å²) in [4.78, 5) is 20.4. The number of rotatable bonds is 13. The zero-order chi connectivity index (χ0) is 32.4. The third-order valence-electron chi connectivity index (χ3n) is 8.50. The van der Waals surface area contributed by atoms with Gasteiger partial charge in [0, 0.05) is 23.1 Å². The fourth-order valence-corrected chi connectivity index (χ4v) is 8.40. The predicted molar refractivity (Wildman–Crippen MR) is 175 cm³/mol. The lowest BCUT2D eigenvalue weighted by Gasteiger charge is -2.23. The number of anilines is 2. The second-order valence-corrected chi connectivity index (χ2v) is 15.4. The van der Waals surface area contributed by atoms with Crippen LogP contribution in [0.15, 0.2) is 56.9 Å². The molecule has 2 N–H and O–H groups in total. The number of nitrogens with one attached hydrogen (secondary N) is 2. The molecule has 45 heavy (non-hydrogen) atoms. The monoisotopic (exact) mass is 655 g/mol. The van der Waals surface area contributed by atoms with Crippen molar-refractivity contribution in [1.29, 1.82) is 0 Å². The van der Waals surface area contributed by atoms with Crippen LogP contribution in [-0.4, -0.2) is 49.9 Å². The van der Waals surface area contributed by atoms with Crippen molar-refractivity contribution in [2.75, 3.05) is 15.2 Å². The largest absolute Gasteiger partial charge is 0.337 e. The molecule has 2 aliphatic rings. The van der Waals surface area contributed by atoms with Crippen molar-refractivity contribution in [2.45, 2.75) is 96.0 Å². The summed E-state index contributed by atoms with van der Waals surface area (Å²) in [5.74, 6) is 0.686. The Balaban J connectivity index is 1.55. The number of aromatic nitrogens is 1. The second kappa shape index (κ2) is 13.0. The third-order valence-corrected chi connectivity index (χ3v) is 11.4. The molecule has 1 spiro atoms. The normalized spacial score (nSPS) is 16.4. The van der Waals surface area contributed by atoms with Crippen molar-refractivity contribution in [1.82, 2.24) is 10.1 Å². The number of aryl methyl sites for hydroxylation is 1. The lowest BCUT2D eigenvalue weighted by atomic mass is 9.97. The number of unbranched alkanes of at least 4 members (excludes halogenated alkanes) is 1. The van der Waals surface area contributed by atoms with E-state index in [1.165, 1.54) is 6.07 Å². The molecule has 0 radical (unpaired) electrons. The van der Waals surface area contributed by atoms with Crippen molar-refractivity contribution in [3.63, 3.8) is 0 Å². The molecular weight excluding hydrogens is 615 g/mol. The molecule has 5 rings (SSSR count). The molecule has 2 heterocycles. The molecule has 1 amide bonds. The molecule has 0 unspecified atom stereocenters. The van der Waals surface area contributed by atoms with Gasteiger partial charge in [0.2, 0.25) is 15.9 Å². The zero-order valence-electron chi connectivity index (χ0n) is 26.2. The Kier molecular flexibility index (Phi) is 9.41. The Morgan fingerprint density at radius 3 is 2.36 bits per heavy atom. The van der Waals surface area contributed by atoms with Gasteiger partial charge in [0.1, 0.15) is 11.4 Å². The smallest absolute Gasteiger partial charge is 0.264 e. The summed E-state index contributed by atoms with van der Waals surface area (Å²) in [5.41, 5.74) is 2.04. The summed E-state index contributed by atoms with van der Waals surface area (Å²) in [6, 6.07) is 11.6. The first-order valence-corrected chi connectivity index (χ1v) is 18.6. The fraction of sp³-hybridized carbons (Fsp3) is 0.469. The summed E-state index contributed by atoms with van der Waals surface area (Å²) < 4.78 is 63.7. The van der Waals surface area contributed by atoms with Crippen molar-refractivity contribution in [3.8, 4) is 11.1 Å². The number of amidine groups is 1. The van der Waals surface area contributed by atoms with Gasteiger partial charge in [0.15, 0.2) is 0 Å². The lowest BCUT2D eigenvalue weighted by Crippen LogP contribution is -2.40. The van der Waals surface area contributed by atoms with Crippen LogP contribution in [-0.2, 0) is 31.4 Å². The van der Waals surface area contributed by atoms with Crippen LogP contribution < -0.4 is 9.44 Å². The van der Waals surface area contributed by atoms with Gasteiger partial charge in [0.25, 0.3) is 15.9 Å². The van der Waals surface area contributed by atoms with Gasteiger partial charge >= 0.3 is 0 Å². The van der Waals surface area contributed by atoms with Crippen LogP contribution in [0.5, 0.6) is 0 Å². The standard InChI is InChI=1S/C32H41N5O6S2/c1-5-7-14-29-33-32(17-10-11-18-32)31(38)37(29)21-24-15-16-25(27(20-24)35-44(39,40)19-6-2)26-12-8-9-13-28(26)45(41,42)36-30-22(3)23(4)34-43-30/h8-9,12-13,15-16,20,35-36H,5-7,10-11,14,17-19,21H2,1-4H3. The highest BCUT2D eigenvalue weighted by molar-refractivity contribution is 7.93. The van der Waals surface area contributed by atoms with E-state index < -0.39 is 25.6 Å². The average molecular weight is 656 g/mol. The molecule has 0 atom stereocenters. The molecule has 13 heteroatoms. The molecule has 242 valence electrons. The minimum atomic E-state index is -4.17. The van der Waals surface area contributed by atoms with Gasteiger partial charge in [-0.15, -0.1) is 0 Å². The van der Waals surface area contributed by atoms with Gasteiger partial charge in [0.05, 0.1) is 28.6 Å². The van der Waals surface area contributed by atoms with E-state index in [1.807, 2.05) is 0 Å². The van der Waals surface area contributed by atoms with Gasteiger partial charge in [-0.1, -0.05) is 68.6 Å². The average Bonchev–Trinajstić information content (AvgIpc) is 3.67. The van der Waals surface area contributed by atoms with Crippen LogP contribution in [0.2, 0.25) is 0 Å². The first-order chi connectivity index (χ1) is 21.4. The SMILES string of the molecule is CCCCC1=NC2(CCCC2)C(=O)N1Cc1ccc(-c2ccccc2S(=O)(=O)Nc2onc(C)c2C)c(NS(=O)(=O)CCC)c1. The Bertz CT molecular complexity index is 1830. The Morgan fingerprint density at radius 1 is 0.956 bits per heavy atom. The van der Waals surface area contributed by atoms with E-state index in [2.05, 4.69) is 21.5 Å². The van der Waals surface area contributed by atoms with E-state index in [1.54, 1.807) is 62.1 Å². The van der Waals surface area contributed by atoms with E-state index in [4.69, 9.17) is 9.52 Å². The number of amides is 1.